The smallest absolute Gasteiger partial charge is 0.305 e. The predicted molar refractivity (Wildman–Crippen MR) is 58.9 cm³/mol. The second-order valence-electron chi connectivity index (χ2n) is 3.25. The molecule has 0 amide bonds. The van der Waals surface area contributed by atoms with Crippen molar-refractivity contribution in [3.63, 3.8) is 0 Å². The van der Waals surface area contributed by atoms with Crippen LogP contribution in [0.2, 0.25) is 5.02 Å². The van der Waals surface area contributed by atoms with Gasteiger partial charge in [-0.1, -0.05) is 11.6 Å². The monoisotopic (exact) mass is 245 g/mol. The van der Waals surface area contributed by atoms with Crippen molar-refractivity contribution in [3.05, 3.63) is 22.7 Å². The van der Waals surface area contributed by atoms with Gasteiger partial charge < -0.3 is 20.7 Å². The molecular weight excluding hydrogens is 234 g/mol. The standard InChI is InChI=1S/C10H12ClNO4/c1-16-8-3-5(11)2-6(10(8)15)7(12)4-9(13)14/h2-3,7,15H,4,12H2,1H3,(H,13,14). The second-order valence-corrected chi connectivity index (χ2v) is 3.69. The number of carboxylic acid groups (broad SMARTS) is 1. The lowest BCUT2D eigenvalue weighted by Crippen LogP contribution is -2.15. The summed E-state index contributed by atoms with van der Waals surface area (Å²) < 4.78 is 4.88. The topological polar surface area (TPSA) is 92.8 Å². The van der Waals surface area contributed by atoms with Crippen LogP contribution < -0.4 is 10.5 Å². The summed E-state index contributed by atoms with van der Waals surface area (Å²) in [4.78, 5) is 10.5. The maximum atomic E-state index is 10.5. The third kappa shape index (κ3) is 2.77. The summed E-state index contributed by atoms with van der Waals surface area (Å²) in [5, 5.41) is 18.7. The number of aliphatic carboxylic acids is 1. The number of hydrogen-bond donors (Lipinski definition) is 3. The molecule has 0 heterocycles. The number of methoxy groups -OCH3 is 1. The number of benzene rings is 1. The number of nitrogens with two attached hydrogens (primary N) is 1. The summed E-state index contributed by atoms with van der Waals surface area (Å²) in [6.07, 6.45) is -0.295. The molecule has 88 valence electrons. The molecule has 0 aliphatic rings. The van der Waals surface area contributed by atoms with Gasteiger partial charge in [-0.15, -0.1) is 0 Å². The second kappa shape index (κ2) is 5.05. The number of carbonyl (C=O) groups is 1. The average molecular weight is 246 g/mol. The Morgan fingerprint density at radius 1 is 1.62 bits per heavy atom. The Bertz CT molecular complexity index is 408. The van der Waals surface area contributed by atoms with Gasteiger partial charge in [0, 0.05) is 22.7 Å². The quantitative estimate of drug-likeness (QED) is 0.748. The molecule has 1 unspecified atom stereocenters. The van der Waals surface area contributed by atoms with E-state index in [-0.39, 0.29) is 23.5 Å². The highest BCUT2D eigenvalue weighted by molar-refractivity contribution is 6.30. The van der Waals surface area contributed by atoms with Gasteiger partial charge in [-0.3, -0.25) is 4.79 Å². The van der Waals surface area contributed by atoms with Gasteiger partial charge in [0.2, 0.25) is 0 Å². The molecule has 1 rings (SSSR count). The van der Waals surface area contributed by atoms with Crippen molar-refractivity contribution >= 4 is 17.6 Å². The Hall–Kier alpha value is -1.46. The molecule has 0 radical (unpaired) electrons. The summed E-state index contributed by atoms with van der Waals surface area (Å²) in [6.45, 7) is 0. The third-order valence-corrected chi connectivity index (χ3v) is 2.30. The lowest BCUT2D eigenvalue weighted by atomic mass is 10.0. The number of ether oxygens (including phenoxy) is 1. The van der Waals surface area contributed by atoms with Crippen LogP contribution in [0.15, 0.2) is 12.1 Å². The van der Waals surface area contributed by atoms with Crippen molar-refractivity contribution in [3.8, 4) is 11.5 Å². The number of phenols is 1. The van der Waals surface area contributed by atoms with Gasteiger partial charge in [-0.2, -0.15) is 0 Å². The molecule has 16 heavy (non-hydrogen) atoms. The summed E-state index contributed by atoms with van der Waals surface area (Å²) >= 11 is 5.79. The van der Waals surface area contributed by atoms with E-state index in [1.54, 1.807) is 0 Å². The van der Waals surface area contributed by atoms with Crippen LogP contribution in [0.5, 0.6) is 11.5 Å². The molecule has 0 bridgehead atoms. The molecule has 0 saturated carbocycles. The van der Waals surface area contributed by atoms with E-state index in [1.807, 2.05) is 0 Å². The van der Waals surface area contributed by atoms with Crippen molar-refractivity contribution < 1.29 is 19.7 Å². The van der Waals surface area contributed by atoms with Crippen LogP contribution in [0.4, 0.5) is 0 Å². The molecule has 1 aromatic rings. The largest absolute Gasteiger partial charge is 0.504 e. The van der Waals surface area contributed by atoms with E-state index in [0.717, 1.165) is 0 Å². The van der Waals surface area contributed by atoms with Crippen molar-refractivity contribution in [2.75, 3.05) is 7.11 Å². The number of phenolic OH excluding ortho intramolecular Hbond substituents is 1. The molecule has 6 heteroatoms. The molecule has 0 spiro atoms. The number of halogens is 1. The Labute approximate surface area is 97.4 Å². The summed E-state index contributed by atoms with van der Waals surface area (Å²) in [5.74, 6) is -1.06. The van der Waals surface area contributed by atoms with Crippen LogP contribution >= 0.6 is 11.6 Å². The fourth-order valence-corrected chi connectivity index (χ4v) is 1.55. The first kappa shape index (κ1) is 12.6. The van der Waals surface area contributed by atoms with Crippen LogP contribution in [0, 0.1) is 0 Å². The first-order valence-corrected chi connectivity index (χ1v) is 4.87. The summed E-state index contributed by atoms with van der Waals surface area (Å²) in [6, 6.07) is 2.02. The molecule has 5 nitrogen and oxygen atoms in total. The van der Waals surface area contributed by atoms with E-state index in [0.29, 0.717) is 5.02 Å². The molecule has 1 atom stereocenters. The Morgan fingerprint density at radius 3 is 2.75 bits per heavy atom. The van der Waals surface area contributed by atoms with Crippen LogP contribution in [-0.2, 0) is 4.79 Å². The molecule has 0 aliphatic heterocycles. The minimum atomic E-state index is -1.05. The molecule has 1 aromatic carbocycles. The number of hydrogen-bond acceptors (Lipinski definition) is 4. The highest BCUT2D eigenvalue weighted by Crippen LogP contribution is 2.36. The molecule has 0 aromatic heterocycles. The van der Waals surface area contributed by atoms with Crippen molar-refractivity contribution in [1.29, 1.82) is 0 Å². The zero-order valence-electron chi connectivity index (χ0n) is 8.61. The van der Waals surface area contributed by atoms with Crippen LogP contribution in [0.25, 0.3) is 0 Å². The molecule has 0 fully saturated rings. The van der Waals surface area contributed by atoms with Gasteiger partial charge in [0.25, 0.3) is 0 Å². The Balaban J connectivity index is 3.12. The molecular formula is C10H12ClNO4. The van der Waals surface area contributed by atoms with Gasteiger partial charge >= 0.3 is 5.97 Å². The summed E-state index contributed by atoms with van der Waals surface area (Å²) in [5.41, 5.74) is 5.89. The van der Waals surface area contributed by atoms with E-state index < -0.39 is 12.0 Å². The number of rotatable bonds is 4. The van der Waals surface area contributed by atoms with Gasteiger partial charge in [0.15, 0.2) is 11.5 Å². The Kier molecular flexibility index (Phi) is 3.98. The van der Waals surface area contributed by atoms with Gasteiger partial charge in [-0.25, -0.2) is 0 Å². The van der Waals surface area contributed by atoms with Gasteiger partial charge in [-0.05, 0) is 6.07 Å². The first-order chi connectivity index (χ1) is 7.45. The highest BCUT2D eigenvalue weighted by atomic mass is 35.5. The van der Waals surface area contributed by atoms with Gasteiger partial charge in [0.1, 0.15) is 0 Å². The van der Waals surface area contributed by atoms with Crippen LogP contribution in [-0.4, -0.2) is 23.3 Å². The minimum Gasteiger partial charge on any atom is -0.504 e. The van der Waals surface area contributed by atoms with E-state index in [1.165, 1.54) is 19.2 Å². The lowest BCUT2D eigenvalue weighted by Gasteiger charge is -2.14. The third-order valence-electron chi connectivity index (χ3n) is 2.08. The van der Waals surface area contributed by atoms with E-state index in [2.05, 4.69) is 0 Å². The van der Waals surface area contributed by atoms with E-state index in [4.69, 9.17) is 27.2 Å². The van der Waals surface area contributed by atoms with Gasteiger partial charge in [0.05, 0.1) is 13.5 Å². The van der Waals surface area contributed by atoms with Crippen LogP contribution in [0.1, 0.15) is 18.0 Å². The fraction of sp³-hybridized carbons (Fsp3) is 0.300. The lowest BCUT2D eigenvalue weighted by molar-refractivity contribution is -0.137. The van der Waals surface area contributed by atoms with Crippen molar-refractivity contribution in [1.82, 2.24) is 0 Å². The SMILES string of the molecule is COc1cc(Cl)cc(C(N)CC(=O)O)c1O. The summed E-state index contributed by atoms with van der Waals surface area (Å²) in [7, 11) is 1.37. The average Bonchev–Trinajstić information content (AvgIpc) is 2.19. The zero-order chi connectivity index (χ0) is 12.3. The maximum absolute atomic E-state index is 10.5. The number of carboxylic acids is 1. The number of aromatic hydroxyl groups is 1. The van der Waals surface area contributed by atoms with E-state index in [9.17, 15) is 9.90 Å². The normalized spacial score (nSPS) is 12.2. The van der Waals surface area contributed by atoms with Crippen molar-refractivity contribution in [2.24, 2.45) is 5.73 Å². The fourth-order valence-electron chi connectivity index (χ4n) is 1.33. The van der Waals surface area contributed by atoms with Crippen molar-refractivity contribution in [2.45, 2.75) is 12.5 Å². The Morgan fingerprint density at radius 2 is 2.25 bits per heavy atom. The zero-order valence-corrected chi connectivity index (χ0v) is 9.36. The molecule has 0 saturated heterocycles. The minimum absolute atomic E-state index is 0.170. The molecule has 4 N–H and O–H groups in total. The predicted octanol–water partition coefficient (Wildman–Crippen LogP) is 1.53. The maximum Gasteiger partial charge on any atom is 0.305 e. The highest BCUT2D eigenvalue weighted by Gasteiger charge is 2.18. The molecule has 0 aliphatic carbocycles. The first-order valence-electron chi connectivity index (χ1n) is 4.49. The van der Waals surface area contributed by atoms with E-state index >= 15 is 0 Å². The van der Waals surface area contributed by atoms with Crippen LogP contribution in [0.3, 0.4) is 0 Å².